The number of nitrogens with zero attached hydrogens (tertiary/aromatic N) is 2. The largest absolute Gasteiger partial charge is 0.358 e. The summed E-state index contributed by atoms with van der Waals surface area (Å²) < 4.78 is 0. The fraction of sp³-hybridized carbons (Fsp3) is 0.556. The zero-order valence-corrected chi connectivity index (χ0v) is 24.6. The minimum atomic E-state index is 0.387. The van der Waals surface area contributed by atoms with E-state index in [0.29, 0.717) is 5.41 Å². The highest BCUT2D eigenvalue weighted by Gasteiger charge is 2.31. The van der Waals surface area contributed by atoms with Gasteiger partial charge in [-0.1, -0.05) is 49.2 Å². The molecule has 214 valence electrons. The second-order valence-corrected chi connectivity index (χ2v) is 12.9. The maximum absolute atomic E-state index is 3.75. The van der Waals surface area contributed by atoms with Gasteiger partial charge in [0.05, 0.1) is 0 Å². The van der Waals surface area contributed by atoms with Crippen LogP contribution in [0.3, 0.4) is 0 Å². The molecule has 0 bridgehead atoms. The molecule has 0 spiro atoms. The lowest BCUT2D eigenvalue weighted by Crippen LogP contribution is -2.38. The van der Waals surface area contributed by atoms with Gasteiger partial charge < -0.3 is 19.8 Å². The van der Waals surface area contributed by atoms with Gasteiger partial charge in [0.1, 0.15) is 0 Å². The fourth-order valence-electron chi connectivity index (χ4n) is 7.50. The number of likely N-dealkylation sites (tertiary alicyclic amines) is 2. The Kier molecular flexibility index (Phi) is 9.25. The maximum Gasteiger partial charge on any atom is 0.0456 e. The minimum absolute atomic E-state index is 0.387. The van der Waals surface area contributed by atoms with E-state index >= 15 is 0 Å². The molecule has 2 aliphatic rings. The van der Waals surface area contributed by atoms with E-state index in [0.717, 1.165) is 12.8 Å². The summed E-state index contributed by atoms with van der Waals surface area (Å²) in [5.41, 5.74) is 5.76. The van der Waals surface area contributed by atoms with Gasteiger partial charge in [-0.3, -0.25) is 0 Å². The van der Waals surface area contributed by atoms with Gasteiger partial charge >= 0.3 is 0 Å². The van der Waals surface area contributed by atoms with Gasteiger partial charge in [-0.15, -0.1) is 0 Å². The Labute approximate surface area is 241 Å². The summed E-state index contributed by atoms with van der Waals surface area (Å²) in [6.07, 6.45) is 17.2. The Morgan fingerprint density at radius 1 is 0.550 bits per heavy atom. The third-order valence-corrected chi connectivity index (χ3v) is 10.1. The van der Waals surface area contributed by atoms with Crippen molar-refractivity contribution >= 4 is 21.8 Å². The normalized spacial score (nSPS) is 17.7. The zero-order chi connectivity index (χ0) is 27.0. The number of aromatic amines is 2. The van der Waals surface area contributed by atoms with Crippen LogP contribution in [0.15, 0.2) is 60.7 Å². The summed E-state index contributed by atoms with van der Waals surface area (Å²) in [7, 11) is 0. The van der Waals surface area contributed by atoms with Crippen LogP contribution in [-0.4, -0.2) is 59.0 Å². The van der Waals surface area contributed by atoms with Crippen LogP contribution in [0, 0.1) is 5.41 Å². The first kappa shape index (κ1) is 27.6. The van der Waals surface area contributed by atoms with Crippen molar-refractivity contribution in [3.05, 3.63) is 72.1 Å². The molecule has 2 N–H and O–H groups in total. The molecule has 2 saturated heterocycles. The summed E-state index contributed by atoms with van der Waals surface area (Å²) in [6.45, 7) is 7.77. The summed E-state index contributed by atoms with van der Waals surface area (Å²) in [6, 6.07) is 22.3. The molecule has 4 heteroatoms. The molecule has 4 nitrogen and oxygen atoms in total. The van der Waals surface area contributed by atoms with Crippen molar-refractivity contribution in [2.75, 3.05) is 39.3 Å². The molecule has 2 fully saturated rings. The second-order valence-electron chi connectivity index (χ2n) is 12.9. The molecule has 0 amide bonds. The summed E-state index contributed by atoms with van der Waals surface area (Å²) >= 11 is 0. The molecule has 0 radical (unpaired) electrons. The summed E-state index contributed by atoms with van der Waals surface area (Å²) in [5, 5.41) is 2.70. The lowest BCUT2D eigenvalue weighted by Gasteiger charge is -2.39. The number of para-hydroxylation sites is 2. The van der Waals surface area contributed by atoms with E-state index in [1.54, 1.807) is 0 Å². The van der Waals surface area contributed by atoms with Gasteiger partial charge in [0.25, 0.3) is 0 Å². The standard InChI is InChI=1S/C36H50N4/c1-7-22-39(23-8-1)26-20-36(21-27-40-24-9-2-10-25-40,19-17-33-29-31-13-4-6-16-35(31)38-33)18-11-14-32-28-30-12-3-5-15-34(30)37-32/h3-6,12-13,15-16,28-29,37-38H,1-2,7-11,14,17-27H2. The van der Waals surface area contributed by atoms with Gasteiger partial charge in [0.15, 0.2) is 0 Å². The Morgan fingerprint density at radius 2 is 1.05 bits per heavy atom. The number of fused-ring (bicyclic) bond motifs is 2. The fourth-order valence-corrected chi connectivity index (χ4v) is 7.50. The van der Waals surface area contributed by atoms with Crippen LogP contribution in [-0.2, 0) is 12.8 Å². The lowest BCUT2D eigenvalue weighted by molar-refractivity contribution is 0.115. The van der Waals surface area contributed by atoms with Crippen LogP contribution in [0.1, 0.15) is 82.0 Å². The van der Waals surface area contributed by atoms with Crippen LogP contribution in [0.2, 0.25) is 0 Å². The molecule has 2 aromatic heterocycles. The number of H-pyrrole nitrogens is 2. The van der Waals surface area contributed by atoms with Crippen molar-refractivity contribution in [2.24, 2.45) is 5.41 Å². The number of benzene rings is 2. The summed E-state index contributed by atoms with van der Waals surface area (Å²) in [4.78, 5) is 13.0. The molecule has 2 aromatic carbocycles. The van der Waals surface area contributed by atoms with Crippen LogP contribution in [0.25, 0.3) is 21.8 Å². The van der Waals surface area contributed by atoms with E-state index in [4.69, 9.17) is 0 Å². The highest BCUT2D eigenvalue weighted by Crippen LogP contribution is 2.39. The van der Waals surface area contributed by atoms with E-state index in [-0.39, 0.29) is 0 Å². The molecule has 6 rings (SSSR count). The Balaban J connectivity index is 1.19. The maximum atomic E-state index is 3.75. The molecule has 40 heavy (non-hydrogen) atoms. The molecular formula is C36H50N4. The number of piperidine rings is 2. The number of hydrogen-bond acceptors (Lipinski definition) is 2. The van der Waals surface area contributed by atoms with Crippen molar-refractivity contribution in [1.29, 1.82) is 0 Å². The van der Waals surface area contributed by atoms with Gasteiger partial charge in [-0.25, -0.2) is 0 Å². The minimum Gasteiger partial charge on any atom is -0.358 e. The van der Waals surface area contributed by atoms with E-state index in [1.807, 2.05) is 0 Å². The monoisotopic (exact) mass is 538 g/mol. The first-order valence-corrected chi connectivity index (χ1v) is 16.3. The Bertz CT molecular complexity index is 1230. The average Bonchev–Trinajstić information content (AvgIpc) is 3.62. The molecular weight excluding hydrogens is 488 g/mol. The smallest absolute Gasteiger partial charge is 0.0456 e. The zero-order valence-electron chi connectivity index (χ0n) is 24.6. The van der Waals surface area contributed by atoms with Gasteiger partial charge in [-0.05, 0) is 150 Å². The molecule has 0 saturated carbocycles. The number of aryl methyl sites for hydroxylation is 2. The van der Waals surface area contributed by atoms with Crippen LogP contribution in [0.4, 0.5) is 0 Å². The Hall–Kier alpha value is -2.56. The first-order valence-electron chi connectivity index (χ1n) is 16.3. The van der Waals surface area contributed by atoms with Crippen LogP contribution < -0.4 is 0 Å². The molecule has 0 aliphatic carbocycles. The number of nitrogens with one attached hydrogen (secondary N) is 2. The van der Waals surface area contributed by atoms with E-state index in [9.17, 15) is 0 Å². The van der Waals surface area contributed by atoms with E-state index in [2.05, 4.69) is 80.4 Å². The highest BCUT2D eigenvalue weighted by molar-refractivity contribution is 5.80. The number of rotatable bonds is 13. The number of aromatic nitrogens is 2. The SMILES string of the molecule is c1ccc2[nH]c(CCCC(CCc3cc4ccccc4[nH]3)(CCN3CCCCC3)CCN3CCCCC3)cc2c1. The third kappa shape index (κ3) is 7.19. The van der Waals surface area contributed by atoms with Gasteiger partial charge in [0, 0.05) is 22.4 Å². The van der Waals surface area contributed by atoms with Crippen molar-refractivity contribution in [3.8, 4) is 0 Å². The molecule has 4 heterocycles. The topological polar surface area (TPSA) is 38.1 Å². The van der Waals surface area contributed by atoms with Crippen molar-refractivity contribution in [3.63, 3.8) is 0 Å². The molecule has 0 unspecified atom stereocenters. The predicted octanol–water partition coefficient (Wildman–Crippen LogP) is 8.34. The first-order chi connectivity index (χ1) is 19.7. The lowest BCUT2D eigenvalue weighted by atomic mass is 9.72. The molecule has 4 aromatic rings. The van der Waals surface area contributed by atoms with Gasteiger partial charge in [0.2, 0.25) is 0 Å². The summed E-state index contributed by atoms with van der Waals surface area (Å²) in [5.74, 6) is 0. The average molecular weight is 539 g/mol. The van der Waals surface area contributed by atoms with Crippen molar-refractivity contribution < 1.29 is 0 Å². The Morgan fingerprint density at radius 3 is 1.57 bits per heavy atom. The quantitative estimate of drug-likeness (QED) is 0.179. The van der Waals surface area contributed by atoms with E-state index < -0.39 is 0 Å². The third-order valence-electron chi connectivity index (χ3n) is 10.1. The van der Waals surface area contributed by atoms with Crippen molar-refractivity contribution in [1.82, 2.24) is 19.8 Å². The molecule has 2 aliphatic heterocycles. The second kappa shape index (κ2) is 13.4. The van der Waals surface area contributed by atoms with Crippen LogP contribution >= 0.6 is 0 Å². The molecule has 0 atom stereocenters. The van der Waals surface area contributed by atoms with E-state index in [1.165, 1.54) is 143 Å². The van der Waals surface area contributed by atoms with Crippen molar-refractivity contribution in [2.45, 2.75) is 83.5 Å². The van der Waals surface area contributed by atoms with Crippen LogP contribution in [0.5, 0.6) is 0 Å². The number of hydrogen-bond donors (Lipinski definition) is 2. The van der Waals surface area contributed by atoms with Gasteiger partial charge in [-0.2, -0.15) is 0 Å². The predicted molar refractivity (Wildman–Crippen MR) is 170 cm³/mol. The highest BCUT2D eigenvalue weighted by atomic mass is 15.1.